The number of benzene rings is 3. The van der Waals surface area contributed by atoms with Crippen molar-refractivity contribution in [1.82, 2.24) is 14.9 Å². The number of nitrogens with two attached hydrogens (primary N) is 1. The Kier molecular flexibility index (Phi) is 7.24. The van der Waals surface area contributed by atoms with E-state index in [2.05, 4.69) is 15.5 Å². The van der Waals surface area contributed by atoms with E-state index in [1.807, 2.05) is 54.6 Å². The molecule has 0 saturated carbocycles. The van der Waals surface area contributed by atoms with Crippen LogP contribution in [0.2, 0.25) is 5.02 Å². The van der Waals surface area contributed by atoms with Crippen LogP contribution in [-0.2, 0) is 4.79 Å². The van der Waals surface area contributed by atoms with Crippen molar-refractivity contribution in [2.75, 3.05) is 25.4 Å². The first kappa shape index (κ1) is 23.5. The van der Waals surface area contributed by atoms with Gasteiger partial charge in [0.25, 0.3) is 0 Å². The average molecular weight is 496 g/mol. The Morgan fingerprint density at radius 1 is 1.00 bits per heavy atom. The fourth-order valence-electron chi connectivity index (χ4n) is 3.33. The Balaban J connectivity index is 1.64. The van der Waals surface area contributed by atoms with Gasteiger partial charge in [0, 0.05) is 5.69 Å². The summed E-state index contributed by atoms with van der Waals surface area (Å²) in [5, 5.41) is 11.5. The van der Waals surface area contributed by atoms with Crippen LogP contribution in [0.3, 0.4) is 0 Å². The van der Waals surface area contributed by atoms with E-state index in [1.54, 1.807) is 25.3 Å². The fourth-order valence-corrected chi connectivity index (χ4v) is 4.54. The van der Waals surface area contributed by atoms with E-state index >= 15 is 0 Å². The monoisotopic (exact) mass is 495 g/mol. The molecule has 0 saturated heterocycles. The maximum Gasteiger partial charge on any atom is 0.242 e. The highest BCUT2D eigenvalue weighted by Gasteiger charge is 2.26. The maximum absolute atomic E-state index is 13.3. The average Bonchev–Trinajstić information content (AvgIpc) is 3.22. The summed E-state index contributed by atoms with van der Waals surface area (Å²) in [6.45, 7) is 0. The minimum absolute atomic E-state index is 0.265. The van der Waals surface area contributed by atoms with Crippen LogP contribution < -0.4 is 20.6 Å². The van der Waals surface area contributed by atoms with Crippen molar-refractivity contribution in [1.29, 1.82) is 0 Å². The minimum Gasteiger partial charge on any atom is -0.496 e. The zero-order chi connectivity index (χ0) is 24.1. The lowest BCUT2D eigenvalue weighted by molar-refractivity contribution is -0.115. The summed E-state index contributed by atoms with van der Waals surface area (Å²) in [5.74, 6) is 7.64. The third-order valence-corrected chi connectivity index (χ3v) is 6.50. The second kappa shape index (κ2) is 10.5. The number of hydrogen-bond acceptors (Lipinski definition) is 7. The molecule has 0 aliphatic carbocycles. The number of carbonyl (C=O) groups excluding carboxylic acids is 1. The molecule has 4 rings (SSSR count). The predicted molar refractivity (Wildman–Crippen MR) is 134 cm³/mol. The van der Waals surface area contributed by atoms with Crippen LogP contribution >= 0.6 is 23.4 Å². The van der Waals surface area contributed by atoms with Crippen molar-refractivity contribution in [3.05, 3.63) is 83.4 Å². The Labute approximate surface area is 206 Å². The van der Waals surface area contributed by atoms with Crippen LogP contribution in [0.5, 0.6) is 11.5 Å². The van der Waals surface area contributed by atoms with E-state index in [-0.39, 0.29) is 5.91 Å². The lowest BCUT2D eigenvalue weighted by atomic mass is 10.1. The Bertz CT molecular complexity index is 1300. The van der Waals surface area contributed by atoms with Gasteiger partial charge in [-0.05, 0) is 35.9 Å². The highest BCUT2D eigenvalue weighted by Crippen LogP contribution is 2.37. The number of amides is 1. The molecule has 0 bridgehead atoms. The van der Waals surface area contributed by atoms with Crippen LogP contribution in [0.4, 0.5) is 5.69 Å². The van der Waals surface area contributed by atoms with Gasteiger partial charge in [0.15, 0.2) is 5.82 Å². The highest BCUT2D eigenvalue weighted by molar-refractivity contribution is 8.00. The number of hydrogen-bond donors (Lipinski definition) is 2. The summed E-state index contributed by atoms with van der Waals surface area (Å²) in [6, 6.07) is 21.8. The molecule has 3 aromatic carbocycles. The molecule has 4 aromatic rings. The van der Waals surface area contributed by atoms with Crippen molar-refractivity contribution >= 4 is 35.0 Å². The number of halogens is 1. The number of anilines is 1. The number of rotatable bonds is 8. The van der Waals surface area contributed by atoms with Gasteiger partial charge < -0.3 is 20.6 Å². The van der Waals surface area contributed by atoms with E-state index in [1.165, 1.54) is 23.5 Å². The zero-order valence-corrected chi connectivity index (χ0v) is 20.0. The van der Waals surface area contributed by atoms with Crippen molar-refractivity contribution in [3.8, 4) is 22.9 Å². The molecule has 0 aliphatic rings. The summed E-state index contributed by atoms with van der Waals surface area (Å²) in [4.78, 5) is 13.3. The van der Waals surface area contributed by atoms with Crippen molar-refractivity contribution in [2.24, 2.45) is 0 Å². The summed E-state index contributed by atoms with van der Waals surface area (Å²) in [5.41, 5.74) is 2.02. The number of ether oxygens (including phenoxy) is 2. The highest BCUT2D eigenvalue weighted by atomic mass is 35.5. The topological polar surface area (TPSA) is 104 Å². The fraction of sp³-hybridized carbons (Fsp3) is 0.125. The molecular weight excluding hydrogens is 474 g/mol. The molecule has 0 fully saturated rings. The molecule has 0 radical (unpaired) electrons. The predicted octanol–water partition coefficient (Wildman–Crippen LogP) is 4.80. The molecule has 10 heteroatoms. The molecule has 1 aromatic heterocycles. The van der Waals surface area contributed by atoms with Gasteiger partial charge in [-0.25, -0.2) is 4.68 Å². The first-order valence-corrected chi connectivity index (χ1v) is 11.5. The van der Waals surface area contributed by atoms with Gasteiger partial charge in [-0.2, -0.15) is 0 Å². The number of para-hydroxylation sites is 1. The normalized spacial score (nSPS) is 11.6. The van der Waals surface area contributed by atoms with Crippen LogP contribution in [0.25, 0.3) is 11.4 Å². The van der Waals surface area contributed by atoms with E-state index in [9.17, 15) is 4.79 Å². The van der Waals surface area contributed by atoms with Crippen LogP contribution in [-0.4, -0.2) is 35.0 Å². The van der Waals surface area contributed by atoms with E-state index < -0.39 is 5.25 Å². The molecule has 8 nitrogen and oxygen atoms in total. The molecule has 1 atom stereocenters. The Morgan fingerprint density at radius 2 is 1.71 bits per heavy atom. The van der Waals surface area contributed by atoms with Crippen molar-refractivity contribution < 1.29 is 14.3 Å². The van der Waals surface area contributed by atoms with Gasteiger partial charge in [0.05, 0.1) is 24.8 Å². The van der Waals surface area contributed by atoms with Crippen LogP contribution in [0.1, 0.15) is 10.8 Å². The third-order valence-electron chi connectivity index (χ3n) is 5.00. The number of methoxy groups -OCH3 is 2. The number of carbonyl (C=O) groups is 1. The van der Waals surface area contributed by atoms with Gasteiger partial charge in [0.1, 0.15) is 16.7 Å². The van der Waals surface area contributed by atoms with Gasteiger partial charge in [-0.1, -0.05) is 65.8 Å². The molecule has 174 valence electrons. The molecule has 3 N–H and O–H groups in total. The lowest BCUT2D eigenvalue weighted by Gasteiger charge is -2.17. The summed E-state index contributed by atoms with van der Waals surface area (Å²) >= 11 is 7.41. The standard InChI is InChI=1S/C24H22ClN5O3S/c1-32-19-11-7-6-10-17(19)22-28-29-24(30(22)26)34-21(15-8-4-3-5-9-15)23(31)27-16-12-13-20(33-2)18(25)14-16/h3-14,21H,26H2,1-2H3,(H,27,31)/t21-/m1/s1. The quantitative estimate of drug-likeness (QED) is 0.267. The molecule has 0 aliphatic heterocycles. The lowest BCUT2D eigenvalue weighted by Crippen LogP contribution is -2.20. The Hall–Kier alpha value is -3.69. The molecule has 1 amide bonds. The molecule has 0 spiro atoms. The number of nitrogen functional groups attached to an aromatic ring is 1. The van der Waals surface area contributed by atoms with E-state index in [4.69, 9.17) is 26.9 Å². The van der Waals surface area contributed by atoms with Crippen LogP contribution in [0, 0.1) is 0 Å². The van der Waals surface area contributed by atoms with Crippen LogP contribution in [0.15, 0.2) is 78.0 Å². The maximum atomic E-state index is 13.3. The zero-order valence-electron chi connectivity index (χ0n) is 18.4. The van der Waals surface area contributed by atoms with Gasteiger partial charge in [-0.15, -0.1) is 10.2 Å². The third kappa shape index (κ3) is 4.95. The second-order valence-electron chi connectivity index (χ2n) is 7.12. The summed E-state index contributed by atoms with van der Waals surface area (Å²) in [6.07, 6.45) is 0. The van der Waals surface area contributed by atoms with Crippen molar-refractivity contribution in [3.63, 3.8) is 0 Å². The number of aromatic nitrogens is 3. The summed E-state index contributed by atoms with van der Waals surface area (Å²) < 4.78 is 12.0. The first-order valence-electron chi connectivity index (χ1n) is 10.2. The number of thioether (sulfide) groups is 1. The Morgan fingerprint density at radius 3 is 2.41 bits per heavy atom. The van der Waals surface area contributed by atoms with Gasteiger partial charge in [0.2, 0.25) is 11.1 Å². The molecule has 0 unspecified atom stereocenters. The smallest absolute Gasteiger partial charge is 0.242 e. The first-order chi connectivity index (χ1) is 16.5. The van der Waals surface area contributed by atoms with E-state index in [0.29, 0.717) is 38.8 Å². The van der Waals surface area contributed by atoms with Gasteiger partial charge >= 0.3 is 0 Å². The second-order valence-corrected chi connectivity index (χ2v) is 8.60. The number of nitrogens with one attached hydrogen (secondary N) is 1. The molecule has 34 heavy (non-hydrogen) atoms. The number of nitrogens with zero attached hydrogens (tertiary/aromatic N) is 3. The van der Waals surface area contributed by atoms with Crippen molar-refractivity contribution in [2.45, 2.75) is 10.4 Å². The largest absolute Gasteiger partial charge is 0.496 e. The summed E-state index contributed by atoms with van der Waals surface area (Å²) in [7, 11) is 3.11. The molecular formula is C24H22ClN5O3S. The van der Waals surface area contributed by atoms with Gasteiger partial charge in [-0.3, -0.25) is 4.79 Å². The minimum atomic E-state index is -0.654. The van der Waals surface area contributed by atoms with E-state index in [0.717, 1.165) is 5.56 Å². The molecule has 1 heterocycles. The SMILES string of the molecule is COc1ccc(NC(=O)[C@H](Sc2nnc(-c3ccccc3OC)n2N)c2ccccc2)cc1Cl.